The summed E-state index contributed by atoms with van der Waals surface area (Å²) in [6, 6.07) is 3.26. The fourth-order valence-electron chi connectivity index (χ4n) is 2.07. The van der Waals surface area contributed by atoms with Crippen LogP contribution in [0.5, 0.6) is 0 Å². The van der Waals surface area contributed by atoms with Crippen molar-refractivity contribution in [2.24, 2.45) is 0 Å². The molecule has 0 atom stereocenters. The SMILES string of the molecule is O=C(c1ccc(F)c([N+](=O)[O-])c1)N1CCCCC1. The lowest BCUT2D eigenvalue weighted by Gasteiger charge is -2.26. The molecule has 1 heterocycles. The number of rotatable bonds is 2. The third-order valence-corrected chi connectivity index (χ3v) is 3.03. The van der Waals surface area contributed by atoms with Gasteiger partial charge in [-0.1, -0.05) is 0 Å². The Morgan fingerprint density at radius 3 is 2.56 bits per heavy atom. The van der Waals surface area contributed by atoms with Crippen molar-refractivity contribution in [1.29, 1.82) is 0 Å². The number of hydrogen-bond donors (Lipinski definition) is 0. The highest BCUT2D eigenvalue weighted by Crippen LogP contribution is 2.20. The van der Waals surface area contributed by atoms with Crippen molar-refractivity contribution in [2.75, 3.05) is 13.1 Å². The highest BCUT2D eigenvalue weighted by Gasteiger charge is 2.22. The molecule has 6 heteroatoms. The number of amides is 1. The lowest BCUT2D eigenvalue weighted by atomic mass is 10.1. The molecule has 2 rings (SSSR count). The first-order valence-corrected chi connectivity index (χ1v) is 5.83. The first kappa shape index (κ1) is 12.5. The van der Waals surface area contributed by atoms with Crippen molar-refractivity contribution in [3.8, 4) is 0 Å². The number of nitro groups is 1. The molecule has 0 saturated carbocycles. The summed E-state index contributed by atoms with van der Waals surface area (Å²) in [6.45, 7) is 1.31. The smallest absolute Gasteiger partial charge is 0.305 e. The van der Waals surface area contributed by atoms with Gasteiger partial charge in [0.1, 0.15) is 0 Å². The average Bonchev–Trinajstić information content (AvgIpc) is 2.39. The predicted molar refractivity (Wildman–Crippen MR) is 62.8 cm³/mol. The summed E-state index contributed by atoms with van der Waals surface area (Å²) >= 11 is 0. The van der Waals surface area contributed by atoms with Crippen LogP contribution in [0.3, 0.4) is 0 Å². The standard InChI is InChI=1S/C12H13FN2O3/c13-10-5-4-9(8-11(10)15(17)18)12(16)14-6-2-1-3-7-14/h4-5,8H,1-3,6-7H2. The van der Waals surface area contributed by atoms with E-state index in [9.17, 15) is 19.3 Å². The summed E-state index contributed by atoms with van der Waals surface area (Å²) in [5, 5.41) is 10.6. The van der Waals surface area contributed by atoms with E-state index < -0.39 is 16.4 Å². The van der Waals surface area contributed by atoms with Crippen molar-refractivity contribution >= 4 is 11.6 Å². The van der Waals surface area contributed by atoms with Crippen LogP contribution in [0.2, 0.25) is 0 Å². The molecule has 5 nitrogen and oxygen atoms in total. The topological polar surface area (TPSA) is 63.4 Å². The quantitative estimate of drug-likeness (QED) is 0.599. The highest BCUT2D eigenvalue weighted by atomic mass is 19.1. The summed E-state index contributed by atoms with van der Waals surface area (Å²) in [7, 11) is 0. The number of piperidine rings is 1. The lowest BCUT2D eigenvalue weighted by molar-refractivity contribution is -0.387. The van der Waals surface area contributed by atoms with E-state index in [1.165, 1.54) is 6.07 Å². The molecule has 0 aromatic heterocycles. The van der Waals surface area contributed by atoms with Gasteiger partial charge in [0.2, 0.25) is 5.82 Å². The molecule has 1 aliphatic rings. The van der Waals surface area contributed by atoms with Crippen molar-refractivity contribution < 1.29 is 14.1 Å². The van der Waals surface area contributed by atoms with E-state index >= 15 is 0 Å². The van der Waals surface area contributed by atoms with Gasteiger partial charge in [0.25, 0.3) is 5.91 Å². The molecule has 18 heavy (non-hydrogen) atoms. The summed E-state index contributed by atoms with van der Waals surface area (Å²) < 4.78 is 13.2. The molecule has 1 aromatic rings. The highest BCUT2D eigenvalue weighted by molar-refractivity contribution is 5.94. The van der Waals surface area contributed by atoms with E-state index in [4.69, 9.17) is 0 Å². The summed E-state index contributed by atoms with van der Waals surface area (Å²) in [6.07, 6.45) is 2.97. The number of carbonyl (C=O) groups excluding carboxylic acids is 1. The van der Waals surface area contributed by atoms with Crippen LogP contribution in [0.25, 0.3) is 0 Å². The Kier molecular flexibility index (Phi) is 3.55. The van der Waals surface area contributed by atoms with E-state index in [0.717, 1.165) is 31.4 Å². The van der Waals surface area contributed by atoms with Gasteiger partial charge in [-0.2, -0.15) is 4.39 Å². The van der Waals surface area contributed by atoms with Gasteiger partial charge in [-0.15, -0.1) is 0 Å². The second-order valence-corrected chi connectivity index (χ2v) is 4.28. The van der Waals surface area contributed by atoms with Crippen LogP contribution in [0.1, 0.15) is 29.6 Å². The van der Waals surface area contributed by atoms with E-state index in [1.807, 2.05) is 0 Å². The fourth-order valence-corrected chi connectivity index (χ4v) is 2.07. The molecule has 1 amide bonds. The van der Waals surface area contributed by atoms with E-state index in [0.29, 0.717) is 13.1 Å². The van der Waals surface area contributed by atoms with Crippen LogP contribution in [0, 0.1) is 15.9 Å². The Morgan fingerprint density at radius 1 is 1.28 bits per heavy atom. The van der Waals surface area contributed by atoms with Gasteiger partial charge in [-0.3, -0.25) is 14.9 Å². The summed E-state index contributed by atoms with van der Waals surface area (Å²) in [4.78, 5) is 23.5. The van der Waals surface area contributed by atoms with Crippen molar-refractivity contribution in [2.45, 2.75) is 19.3 Å². The number of nitrogens with zero attached hydrogens (tertiary/aromatic N) is 2. The molecule has 1 aromatic carbocycles. The monoisotopic (exact) mass is 252 g/mol. The Bertz CT molecular complexity index is 484. The van der Waals surface area contributed by atoms with Crippen LogP contribution in [0.15, 0.2) is 18.2 Å². The zero-order valence-corrected chi connectivity index (χ0v) is 9.76. The van der Waals surface area contributed by atoms with Gasteiger partial charge in [-0.05, 0) is 31.4 Å². The van der Waals surface area contributed by atoms with Gasteiger partial charge >= 0.3 is 5.69 Å². The number of carbonyl (C=O) groups is 1. The second kappa shape index (κ2) is 5.12. The maximum absolute atomic E-state index is 13.2. The minimum absolute atomic E-state index is 0.171. The largest absolute Gasteiger partial charge is 0.339 e. The molecule has 0 bridgehead atoms. The first-order chi connectivity index (χ1) is 8.59. The van der Waals surface area contributed by atoms with Gasteiger partial charge in [-0.25, -0.2) is 0 Å². The molecule has 1 aliphatic heterocycles. The predicted octanol–water partition coefficient (Wildman–Crippen LogP) is 2.36. The molecule has 0 N–H and O–H groups in total. The van der Waals surface area contributed by atoms with Crippen molar-refractivity contribution in [3.05, 3.63) is 39.7 Å². The maximum Gasteiger partial charge on any atom is 0.305 e. The van der Waals surface area contributed by atoms with Gasteiger partial charge < -0.3 is 4.90 Å². The zero-order valence-electron chi connectivity index (χ0n) is 9.76. The third kappa shape index (κ3) is 2.47. The van der Waals surface area contributed by atoms with Crippen LogP contribution in [-0.4, -0.2) is 28.8 Å². The Hall–Kier alpha value is -1.98. The number of benzene rings is 1. The normalized spacial score (nSPS) is 15.5. The molecule has 0 spiro atoms. The molecule has 0 aliphatic carbocycles. The number of hydrogen-bond acceptors (Lipinski definition) is 3. The van der Waals surface area contributed by atoms with Gasteiger partial charge in [0, 0.05) is 24.7 Å². The van der Waals surface area contributed by atoms with Crippen molar-refractivity contribution in [1.82, 2.24) is 4.90 Å². The molecule has 1 fully saturated rings. The number of likely N-dealkylation sites (tertiary alicyclic amines) is 1. The first-order valence-electron chi connectivity index (χ1n) is 5.83. The van der Waals surface area contributed by atoms with Gasteiger partial charge in [0.15, 0.2) is 0 Å². The molecule has 1 saturated heterocycles. The summed E-state index contributed by atoms with van der Waals surface area (Å²) in [5.41, 5.74) is -0.483. The zero-order chi connectivity index (χ0) is 13.1. The van der Waals surface area contributed by atoms with Crippen LogP contribution >= 0.6 is 0 Å². The third-order valence-electron chi connectivity index (χ3n) is 3.03. The number of nitro benzene ring substituents is 1. The van der Waals surface area contributed by atoms with Crippen LogP contribution < -0.4 is 0 Å². The Morgan fingerprint density at radius 2 is 1.94 bits per heavy atom. The van der Waals surface area contributed by atoms with E-state index in [2.05, 4.69) is 0 Å². The van der Waals surface area contributed by atoms with E-state index in [-0.39, 0.29) is 11.5 Å². The molecular formula is C12H13FN2O3. The number of halogens is 1. The van der Waals surface area contributed by atoms with Gasteiger partial charge in [0.05, 0.1) is 4.92 Å². The maximum atomic E-state index is 13.2. The lowest BCUT2D eigenvalue weighted by Crippen LogP contribution is -2.35. The fraction of sp³-hybridized carbons (Fsp3) is 0.417. The molecule has 0 radical (unpaired) electrons. The average molecular weight is 252 g/mol. The minimum atomic E-state index is -0.921. The van der Waals surface area contributed by atoms with Crippen molar-refractivity contribution in [3.63, 3.8) is 0 Å². The molecule has 96 valence electrons. The van der Waals surface area contributed by atoms with E-state index in [1.54, 1.807) is 4.90 Å². The van der Waals surface area contributed by atoms with Crippen LogP contribution in [-0.2, 0) is 0 Å². The minimum Gasteiger partial charge on any atom is -0.339 e. The molecular weight excluding hydrogens is 239 g/mol. The Balaban J connectivity index is 2.24. The second-order valence-electron chi connectivity index (χ2n) is 4.28. The summed E-state index contributed by atoms with van der Waals surface area (Å²) in [5.74, 6) is -1.19. The Labute approximate surface area is 103 Å². The van der Waals surface area contributed by atoms with Crippen LogP contribution in [0.4, 0.5) is 10.1 Å². The molecule has 0 unspecified atom stereocenters.